The molecule has 0 spiro atoms. The van der Waals surface area contributed by atoms with Gasteiger partial charge in [0, 0.05) is 12.1 Å². The maximum absolute atomic E-state index is 6.41. The first-order valence-electron chi connectivity index (χ1n) is 8.04. The van der Waals surface area contributed by atoms with E-state index in [1.165, 1.54) is 28.7 Å². The van der Waals surface area contributed by atoms with E-state index < -0.39 is 0 Å². The summed E-state index contributed by atoms with van der Waals surface area (Å²) in [5.41, 5.74) is 5.87. The van der Waals surface area contributed by atoms with Gasteiger partial charge in [-0.1, -0.05) is 60.1 Å². The Bertz CT molecular complexity index is 926. The lowest BCUT2D eigenvalue weighted by Crippen LogP contribution is -2.15. The molecule has 0 radical (unpaired) electrons. The van der Waals surface area contributed by atoms with Crippen LogP contribution in [0.15, 0.2) is 54.9 Å². The lowest BCUT2D eigenvalue weighted by atomic mass is 9.95. The zero-order valence-electron chi connectivity index (χ0n) is 12.9. The molecule has 0 fully saturated rings. The largest absolute Gasteiger partial charge is 0.369 e. The lowest BCUT2D eigenvalue weighted by Gasteiger charge is -2.21. The summed E-state index contributed by atoms with van der Waals surface area (Å²) in [7, 11) is 0. The average molecular weight is 335 g/mol. The summed E-state index contributed by atoms with van der Waals surface area (Å²) in [5.74, 6) is 0.861. The SMILES string of the molecule is Clc1ncnc2c1NC(c1ccccc1)c1cccc3c1N2CC3. The number of para-hydroxylation sites is 1. The van der Waals surface area contributed by atoms with Gasteiger partial charge in [0.05, 0.1) is 11.7 Å². The first-order chi connectivity index (χ1) is 11.8. The molecule has 0 saturated heterocycles. The van der Waals surface area contributed by atoms with Crippen molar-refractivity contribution in [2.45, 2.75) is 12.5 Å². The summed E-state index contributed by atoms with van der Waals surface area (Å²) in [5, 5.41) is 4.05. The van der Waals surface area contributed by atoms with Gasteiger partial charge in [0.2, 0.25) is 0 Å². The van der Waals surface area contributed by atoms with Crippen LogP contribution in [0.5, 0.6) is 0 Å². The van der Waals surface area contributed by atoms with Gasteiger partial charge in [-0.25, -0.2) is 9.97 Å². The summed E-state index contributed by atoms with van der Waals surface area (Å²) in [4.78, 5) is 11.0. The van der Waals surface area contributed by atoms with E-state index in [2.05, 4.69) is 62.6 Å². The third-order valence-corrected chi connectivity index (χ3v) is 5.08. The first-order valence-corrected chi connectivity index (χ1v) is 8.42. The van der Waals surface area contributed by atoms with Gasteiger partial charge in [-0.15, -0.1) is 0 Å². The number of fused-ring (bicyclic) bond motifs is 2. The molecule has 0 amide bonds. The van der Waals surface area contributed by atoms with Crippen LogP contribution in [-0.4, -0.2) is 16.5 Å². The van der Waals surface area contributed by atoms with E-state index >= 15 is 0 Å². The highest BCUT2D eigenvalue weighted by Gasteiger charge is 2.34. The predicted octanol–water partition coefficient (Wildman–Crippen LogP) is 4.34. The molecule has 0 aliphatic carbocycles. The molecule has 1 unspecified atom stereocenters. The molecule has 1 aromatic heterocycles. The molecule has 24 heavy (non-hydrogen) atoms. The number of anilines is 3. The van der Waals surface area contributed by atoms with E-state index in [1.807, 2.05) is 6.07 Å². The van der Waals surface area contributed by atoms with Gasteiger partial charge in [0.25, 0.3) is 0 Å². The molecule has 5 heteroatoms. The van der Waals surface area contributed by atoms with E-state index in [-0.39, 0.29) is 6.04 Å². The molecule has 2 aliphatic rings. The molecular formula is C19H15ClN4. The first kappa shape index (κ1) is 13.8. The minimum absolute atomic E-state index is 0.0199. The monoisotopic (exact) mass is 334 g/mol. The summed E-state index contributed by atoms with van der Waals surface area (Å²) in [6, 6.07) is 17.0. The molecule has 2 aromatic carbocycles. The summed E-state index contributed by atoms with van der Waals surface area (Å²) in [6.07, 6.45) is 2.55. The molecule has 3 heterocycles. The van der Waals surface area contributed by atoms with Crippen LogP contribution in [0.2, 0.25) is 5.15 Å². The normalized spacial score (nSPS) is 17.7. The maximum Gasteiger partial charge on any atom is 0.161 e. The van der Waals surface area contributed by atoms with Gasteiger partial charge < -0.3 is 10.2 Å². The van der Waals surface area contributed by atoms with Crippen molar-refractivity contribution in [3.05, 3.63) is 76.7 Å². The van der Waals surface area contributed by atoms with Gasteiger partial charge in [-0.2, -0.15) is 0 Å². The predicted molar refractivity (Wildman–Crippen MR) is 96.1 cm³/mol. The van der Waals surface area contributed by atoms with Crippen LogP contribution in [0, 0.1) is 0 Å². The molecule has 5 rings (SSSR count). The fraction of sp³-hybridized carbons (Fsp3) is 0.158. The van der Waals surface area contributed by atoms with Crippen LogP contribution in [0.4, 0.5) is 17.2 Å². The Labute approximate surface area is 145 Å². The van der Waals surface area contributed by atoms with Crippen molar-refractivity contribution in [1.29, 1.82) is 0 Å². The number of hydrogen-bond acceptors (Lipinski definition) is 4. The lowest BCUT2D eigenvalue weighted by molar-refractivity contribution is 0.943. The number of halogens is 1. The molecule has 0 saturated carbocycles. The Morgan fingerprint density at radius 3 is 2.79 bits per heavy atom. The van der Waals surface area contributed by atoms with Gasteiger partial charge in [-0.3, -0.25) is 0 Å². The van der Waals surface area contributed by atoms with E-state index in [0.717, 1.165) is 24.5 Å². The Morgan fingerprint density at radius 1 is 1.04 bits per heavy atom. The zero-order valence-corrected chi connectivity index (χ0v) is 13.7. The number of nitrogens with zero attached hydrogens (tertiary/aromatic N) is 3. The highest BCUT2D eigenvalue weighted by Crippen LogP contribution is 2.48. The summed E-state index contributed by atoms with van der Waals surface area (Å²) >= 11 is 6.41. The smallest absolute Gasteiger partial charge is 0.161 e. The second-order valence-corrected chi connectivity index (χ2v) is 6.47. The fourth-order valence-electron chi connectivity index (χ4n) is 3.75. The zero-order chi connectivity index (χ0) is 16.1. The number of benzene rings is 2. The Kier molecular flexibility index (Phi) is 3.00. The molecule has 1 atom stereocenters. The van der Waals surface area contributed by atoms with Crippen molar-refractivity contribution < 1.29 is 0 Å². The molecule has 4 nitrogen and oxygen atoms in total. The van der Waals surface area contributed by atoms with Crippen LogP contribution in [0.1, 0.15) is 22.7 Å². The maximum atomic E-state index is 6.41. The Morgan fingerprint density at radius 2 is 1.92 bits per heavy atom. The molecule has 3 aromatic rings. The van der Waals surface area contributed by atoms with E-state index in [4.69, 9.17) is 11.6 Å². The average Bonchev–Trinajstić information content (AvgIpc) is 2.99. The number of aromatic nitrogens is 2. The third-order valence-electron chi connectivity index (χ3n) is 4.79. The fourth-order valence-corrected chi connectivity index (χ4v) is 3.93. The van der Waals surface area contributed by atoms with Crippen LogP contribution in [0.25, 0.3) is 0 Å². The van der Waals surface area contributed by atoms with Gasteiger partial charge in [-0.05, 0) is 17.5 Å². The van der Waals surface area contributed by atoms with Crippen molar-refractivity contribution in [2.24, 2.45) is 0 Å². The Hall–Kier alpha value is -2.59. The van der Waals surface area contributed by atoms with Gasteiger partial charge >= 0.3 is 0 Å². The molecular weight excluding hydrogens is 320 g/mol. The van der Waals surface area contributed by atoms with Crippen LogP contribution in [0.3, 0.4) is 0 Å². The van der Waals surface area contributed by atoms with Gasteiger partial charge in [0.1, 0.15) is 12.0 Å². The minimum Gasteiger partial charge on any atom is -0.369 e. The van der Waals surface area contributed by atoms with Gasteiger partial charge in [0.15, 0.2) is 11.0 Å². The van der Waals surface area contributed by atoms with Crippen molar-refractivity contribution in [3.63, 3.8) is 0 Å². The van der Waals surface area contributed by atoms with Crippen LogP contribution in [-0.2, 0) is 6.42 Å². The second kappa shape index (κ2) is 5.21. The molecule has 2 aliphatic heterocycles. The van der Waals surface area contributed by atoms with E-state index in [1.54, 1.807) is 0 Å². The number of nitrogens with one attached hydrogen (secondary N) is 1. The Balaban J connectivity index is 1.80. The van der Waals surface area contributed by atoms with Crippen LogP contribution < -0.4 is 10.2 Å². The summed E-state index contributed by atoms with van der Waals surface area (Å²) in [6.45, 7) is 0.913. The van der Waals surface area contributed by atoms with Crippen LogP contribution >= 0.6 is 11.6 Å². The van der Waals surface area contributed by atoms with E-state index in [0.29, 0.717) is 5.15 Å². The molecule has 118 valence electrons. The topological polar surface area (TPSA) is 41.1 Å². The quantitative estimate of drug-likeness (QED) is 0.672. The van der Waals surface area contributed by atoms with Crippen molar-refractivity contribution >= 4 is 28.8 Å². The highest BCUT2D eigenvalue weighted by molar-refractivity contribution is 6.32. The molecule has 1 N–H and O–H groups in total. The van der Waals surface area contributed by atoms with E-state index in [9.17, 15) is 0 Å². The highest BCUT2D eigenvalue weighted by atomic mass is 35.5. The third kappa shape index (κ3) is 1.93. The minimum atomic E-state index is 0.0199. The second-order valence-electron chi connectivity index (χ2n) is 6.11. The van der Waals surface area contributed by atoms with Crippen molar-refractivity contribution in [1.82, 2.24) is 9.97 Å². The van der Waals surface area contributed by atoms with Crippen molar-refractivity contribution in [3.8, 4) is 0 Å². The number of rotatable bonds is 1. The number of hydrogen-bond donors (Lipinski definition) is 1. The molecule has 0 bridgehead atoms. The standard InChI is InChI=1S/C19H15ClN4/c20-18-16-19(22-11-21-18)24-10-9-13-7-4-8-14(17(13)24)15(23-16)12-5-2-1-3-6-12/h1-8,11,15,23H,9-10H2. The van der Waals surface area contributed by atoms with Crippen molar-refractivity contribution in [2.75, 3.05) is 16.8 Å². The summed E-state index contributed by atoms with van der Waals surface area (Å²) < 4.78 is 0.